The minimum atomic E-state index is -0.211. The second kappa shape index (κ2) is 9.33. The van der Waals surface area contributed by atoms with E-state index in [1.165, 1.54) is 27.8 Å². The Kier molecular flexibility index (Phi) is 5.56. The van der Waals surface area contributed by atoms with Crippen LogP contribution in [0.5, 0.6) is 5.75 Å². The molecule has 3 aromatic carbocycles. The number of halogens is 1. The van der Waals surface area contributed by atoms with Gasteiger partial charge in [0.1, 0.15) is 11.6 Å². The van der Waals surface area contributed by atoms with E-state index in [2.05, 4.69) is 57.8 Å². The van der Waals surface area contributed by atoms with Crippen LogP contribution in [0.4, 0.5) is 4.39 Å². The summed E-state index contributed by atoms with van der Waals surface area (Å²) in [5, 5.41) is 4.90. The smallest absolute Gasteiger partial charge is 0.152 e. The number of amidine groups is 1. The molecule has 3 aliphatic heterocycles. The van der Waals surface area contributed by atoms with E-state index in [0.717, 1.165) is 60.8 Å². The Labute approximate surface area is 239 Å². The number of nitrogens with one attached hydrogen (secondary N) is 1. The molecule has 8 rings (SSSR count). The molecule has 41 heavy (non-hydrogen) atoms. The summed E-state index contributed by atoms with van der Waals surface area (Å²) in [6.07, 6.45) is 10.2. The average Bonchev–Trinajstić information content (AvgIpc) is 3.74. The first kappa shape index (κ1) is 24.4. The molecule has 4 aromatic rings. The van der Waals surface area contributed by atoms with Gasteiger partial charge in [0, 0.05) is 30.1 Å². The van der Waals surface area contributed by atoms with Gasteiger partial charge in [-0.1, -0.05) is 42.5 Å². The summed E-state index contributed by atoms with van der Waals surface area (Å²) in [4.78, 5) is 6.89. The first-order chi connectivity index (χ1) is 20.1. The molecule has 2 atom stereocenters. The van der Waals surface area contributed by atoms with E-state index in [1.54, 1.807) is 12.1 Å². The molecule has 1 aromatic heterocycles. The zero-order valence-corrected chi connectivity index (χ0v) is 23.1. The van der Waals surface area contributed by atoms with Crippen molar-refractivity contribution in [1.29, 1.82) is 0 Å². The molecule has 2 unspecified atom stereocenters. The molecule has 1 N–H and O–H groups in total. The summed E-state index contributed by atoms with van der Waals surface area (Å²) in [6.45, 7) is 4.25. The summed E-state index contributed by atoms with van der Waals surface area (Å²) < 4.78 is 22.1. The Balaban J connectivity index is 1.25. The SMILES string of the molecule is Cc1cn(-c2ccc(/C=C3\CC4(CCc5ccccc54)CN4C3=NNCC4c3ccc(F)cc3)c3c2OCC3)cn1. The van der Waals surface area contributed by atoms with E-state index in [9.17, 15) is 4.39 Å². The van der Waals surface area contributed by atoms with Crippen LogP contribution in [-0.4, -0.2) is 40.0 Å². The van der Waals surface area contributed by atoms with E-state index in [1.807, 2.05) is 36.1 Å². The van der Waals surface area contributed by atoms with Gasteiger partial charge in [0.05, 0.1) is 36.9 Å². The van der Waals surface area contributed by atoms with Crippen LogP contribution >= 0.6 is 0 Å². The summed E-state index contributed by atoms with van der Waals surface area (Å²) in [6, 6.07) is 20.3. The quantitative estimate of drug-likeness (QED) is 0.349. The van der Waals surface area contributed by atoms with Gasteiger partial charge in [0.15, 0.2) is 5.84 Å². The van der Waals surface area contributed by atoms with Crippen LogP contribution in [0.1, 0.15) is 52.4 Å². The number of rotatable bonds is 3. The third kappa shape index (κ3) is 3.97. The van der Waals surface area contributed by atoms with Crippen LogP contribution in [0, 0.1) is 12.7 Å². The Morgan fingerprint density at radius 2 is 1.95 bits per heavy atom. The maximum atomic E-state index is 13.9. The number of aryl methyl sites for hydroxylation is 2. The van der Waals surface area contributed by atoms with Crippen molar-refractivity contribution < 1.29 is 9.13 Å². The molecular weight excluding hydrogens is 513 g/mol. The molecule has 1 saturated heterocycles. The highest BCUT2D eigenvalue weighted by molar-refractivity contribution is 6.04. The zero-order chi connectivity index (χ0) is 27.6. The zero-order valence-electron chi connectivity index (χ0n) is 23.1. The number of hydrogen-bond donors (Lipinski definition) is 1. The van der Waals surface area contributed by atoms with Crippen molar-refractivity contribution in [1.82, 2.24) is 19.9 Å². The molecule has 0 bridgehead atoms. The molecule has 1 spiro atoms. The standard InChI is InChI=1S/C34H32FN5O/c1-22-19-39(21-36-22)30-11-8-25(28-13-15-41-32(28)30)16-26-17-34(14-12-23-4-2-3-5-29(23)34)20-40-31(18-37-38-33(26)40)24-6-9-27(35)10-7-24/h2-11,16,19,21,31,37H,12-15,17-18,20H2,1H3/b26-16+. The number of imidazole rings is 1. The molecule has 1 aliphatic carbocycles. The van der Waals surface area contributed by atoms with Gasteiger partial charge in [-0.2, -0.15) is 5.10 Å². The van der Waals surface area contributed by atoms with Gasteiger partial charge in [-0.15, -0.1) is 0 Å². The molecule has 206 valence electrons. The molecule has 1 fully saturated rings. The van der Waals surface area contributed by atoms with Crippen LogP contribution in [0.2, 0.25) is 0 Å². The lowest BCUT2D eigenvalue weighted by molar-refractivity contribution is 0.201. The molecule has 4 heterocycles. The van der Waals surface area contributed by atoms with Gasteiger partial charge in [0.25, 0.3) is 0 Å². The van der Waals surface area contributed by atoms with Gasteiger partial charge >= 0.3 is 0 Å². The van der Waals surface area contributed by atoms with Crippen LogP contribution in [0.15, 0.2) is 83.9 Å². The number of benzene rings is 3. The fraction of sp³-hybridized carbons (Fsp3) is 0.294. The molecule has 4 aliphatic rings. The number of hydrogen-bond acceptors (Lipinski definition) is 5. The minimum Gasteiger partial charge on any atom is -0.491 e. The number of hydrazone groups is 1. The molecule has 7 heteroatoms. The Morgan fingerprint density at radius 1 is 1.07 bits per heavy atom. The molecule has 0 amide bonds. The number of nitrogens with zero attached hydrogens (tertiary/aromatic N) is 4. The lowest BCUT2D eigenvalue weighted by Gasteiger charge is -2.49. The minimum absolute atomic E-state index is 0.00498. The highest BCUT2D eigenvalue weighted by Crippen LogP contribution is 2.49. The molecule has 0 saturated carbocycles. The predicted octanol–water partition coefficient (Wildman–Crippen LogP) is 5.89. The van der Waals surface area contributed by atoms with E-state index in [4.69, 9.17) is 9.84 Å². The fourth-order valence-corrected chi connectivity index (χ4v) is 7.39. The van der Waals surface area contributed by atoms with E-state index < -0.39 is 0 Å². The third-order valence-electron chi connectivity index (χ3n) is 9.32. The lowest BCUT2D eigenvalue weighted by atomic mass is 9.72. The number of piperidine rings is 1. The van der Waals surface area contributed by atoms with Crippen molar-refractivity contribution in [3.05, 3.63) is 118 Å². The first-order valence-electron chi connectivity index (χ1n) is 14.5. The summed E-state index contributed by atoms with van der Waals surface area (Å²) in [5.41, 5.74) is 13.0. The number of aromatic nitrogens is 2. The van der Waals surface area contributed by atoms with Gasteiger partial charge in [-0.05, 0) is 78.3 Å². The van der Waals surface area contributed by atoms with Gasteiger partial charge < -0.3 is 19.6 Å². The van der Waals surface area contributed by atoms with Crippen molar-refractivity contribution in [2.75, 3.05) is 19.7 Å². The summed E-state index contributed by atoms with van der Waals surface area (Å²) in [7, 11) is 0. The van der Waals surface area contributed by atoms with Crippen molar-refractivity contribution >= 4 is 11.9 Å². The van der Waals surface area contributed by atoms with Crippen molar-refractivity contribution in [2.24, 2.45) is 5.10 Å². The number of ether oxygens (including phenoxy) is 1. The normalized spacial score (nSPS) is 23.6. The third-order valence-corrected chi connectivity index (χ3v) is 9.32. The predicted molar refractivity (Wildman–Crippen MR) is 158 cm³/mol. The van der Waals surface area contributed by atoms with E-state index >= 15 is 0 Å². The molecule has 0 radical (unpaired) electrons. The van der Waals surface area contributed by atoms with Gasteiger partial charge in [-0.3, -0.25) is 0 Å². The number of fused-ring (bicyclic) bond motifs is 4. The monoisotopic (exact) mass is 545 g/mol. The largest absolute Gasteiger partial charge is 0.491 e. The second-order valence-electron chi connectivity index (χ2n) is 11.8. The van der Waals surface area contributed by atoms with Crippen molar-refractivity contribution in [2.45, 2.75) is 44.1 Å². The Morgan fingerprint density at radius 3 is 2.80 bits per heavy atom. The lowest BCUT2D eigenvalue weighted by Crippen LogP contribution is -2.54. The maximum Gasteiger partial charge on any atom is 0.152 e. The van der Waals surface area contributed by atoms with Gasteiger partial charge in [-0.25, -0.2) is 9.37 Å². The van der Waals surface area contributed by atoms with Crippen molar-refractivity contribution in [3.63, 3.8) is 0 Å². The summed E-state index contributed by atoms with van der Waals surface area (Å²) >= 11 is 0. The fourth-order valence-electron chi connectivity index (χ4n) is 7.39. The highest BCUT2D eigenvalue weighted by Gasteiger charge is 2.48. The van der Waals surface area contributed by atoms with E-state index in [0.29, 0.717) is 13.2 Å². The van der Waals surface area contributed by atoms with Crippen LogP contribution in [0.25, 0.3) is 11.8 Å². The van der Waals surface area contributed by atoms with Gasteiger partial charge in [0.2, 0.25) is 0 Å². The maximum absolute atomic E-state index is 13.9. The van der Waals surface area contributed by atoms with Crippen LogP contribution in [0.3, 0.4) is 0 Å². The average molecular weight is 546 g/mol. The summed E-state index contributed by atoms with van der Waals surface area (Å²) in [5.74, 6) is 1.72. The molecular formula is C34H32FN5O. The second-order valence-corrected chi connectivity index (χ2v) is 11.8. The topological polar surface area (TPSA) is 54.7 Å². The first-order valence-corrected chi connectivity index (χ1v) is 14.5. The van der Waals surface area contributed by atoms with E-state index in [-0.39, 0.29) is 17.3 Å². The van der Waals surface area contributed by atoms with Crippen molar-refractivity contribution in [3.8, 4) is 11.4 Å². The highest BCUT2D eigenvalue weighted by atomic mass is 19.1. The Hall–Kier alpha value is -4.39. The van der Waals surface area contributed by atoms with Crippen LogP contribution < -0.4 is 10.2 Å². The Bertz CT molecular complexity index is 1720. The van der Waals surface area contributed by atoms with Crippen LogP contribution in [-0.2, 0) is 18.3 Å². The molecule has 6 nitrogen and oxygen atoms in total.